The van der Waals surface area contributed by atoms with Gasteiger partial charge in [-0.15, -0.1) is 11.3 Å². The van der Waals surface area contributed by atoms with Crippen LogP contribution in [0.4, 0.5) is 10.1 Å². The molecule has 0 bridgehead atoms. The number of anilines is 1. The summed E-state index contributed by atoms with van der Waals surface area (Å²) < 4.78 is 13.2. The van der Waals surface area contributed by atoms with Crippen molar-refractivity contribution in [2.24, 2.45) is 5.10 Å². The summed E-state index contributed by atoms with van der Waals surface area (Å²) in [7, 11) is 0. The summed E-state index contributed by atoms with van der Waals surface area (Å²) in [6.07, 6.45) is 0.786. The molecule has 2 heterocycles. The number of halogens is 2. The van der Waals surface area contributed by atoms with E-state index in [2.05, 4.69) is 17.5 Å². The third-order valence-corrected chi connectivity index (χ3v) is 5.28. The lowest BCUT2D eigenvalue weighted by atomic mass is 10.0. The highest BCUT2D eigenvalue weighted by molar-refractivity contribution is 7.10. The van der Waals surface area contributed by atoms with Crippen LogP contribution in [0.25, 0.3) is 0 Å². The van der Waals surface area contributed by atoms with Gasteiger partial charge in [-0.2, -0.15) is 5.10 Å². The van der Waals surface area contributed by atoms with Gasteiger partial charge in [0.1, 0.15) is 5.82 Å². The van der Waals surface area contributed by atoms with Gasteiger partial charge in [-0.05, 0) is 53.4 Å². The minimum atomic E-state index is -0.235. The molecule has 120 valence electrons. The second-order valence-electron chi connectivity index (χ2n) is 5.61. The summed E-state index contributed by atoms with van der Waals surface area (Å²) >= 11 is 7.73. The standard InChI is InChI=1S/C19H14ClFN2S/c20-14-5-9-16(10-6-14)23-18(19-2-1-11-24-19)12-17(22-23)13-3-7-15(21)8-4-13/h1-11,18H,12H2. The molecule has 0 fully saturated rings. The van der Waals surface area contributed by atoms with E-state index in [0.717, 1.165) is 23.4 Å². The molecular weight excluding hydrogens is 343 g/mol. The Hall–Kier alpha value is -2.17. The van der Waals surface area contributed by atoms with Gasteiger partial charge in [-0.3, -0.25) is 5.01 Å². The maximum Gasteiger partial charge on any atom is 0.123 e. The van der Waals surface area contributed by atoms with Gasteiger partial charge in [0.15, 0.2) is 0 Å². The van der Waals surface area contributed by atoms with Crippen molar-refractivity contribution in [1.82, 2.24) is 0 Å². The Bertz CT molecular complexity index is 857. The number of hydrogen-bond donors (Lipinski definition) is 0. The SMILES string of the molecule is Fc1ccc(C2=NN(c3ccc(Cl)cc3)C(c3cccs3)C2)cc1. The Morgan fingerprint density at radius 2 is 1.79 bits per heavy atom. The molecule has 1 atom stereocenters. The van der Waals surface area contributed by atoms with Crippen LogP contribution in [0, 0.1) is 5.82 Å². The molecule has 0 spiro atoms. The van der Waals surface area contributed by atoms with E-state index in [0.29, 0.717) is 5.02 Å². The summed E-state index contributed by atoms with van der Waals surface area (Å²) in [4.78, 5) is 1.26. The van der Waals surface area contributed by atoms with E-state index >= 15 is 0 Å². The van der Waals surface area contributed by atoms with Gasteiger partial charge in [0.25, 0.3) is 0 Å². The van der Waals surface area contributed by atoms with E-state index in [-0.39, 0.29) is 11.9 Å². The summed E-state index contributed by atoms with van der Waals surface area (Å²) in [6.45, 7) is 0. The predicted octanol–water partition coefficient (Wildman–Crippen LogP) is 5.90. The minimum Gasteiger partial charge on any atom is -0.257 e. The molecule has 1 aliphatic rings. The summed E-state index contributed by atoms with van der Waals surface area (Å²) in [5, 5.41) is 9.62. The fourth-order valence-corrected chi connectivity index (χ4v) is 3.80. The van der Waals surface area contributed by atoms with Crippen molar-refractivity contribution in [2.45, 2.75) is 12.5 Å². The van der Waals surface area contributed by atoms with Crippen LogP contribution in [0.5, 0.6) is 0 Å². The minimum absolute atomic E-state index is 0.145. The Morgan fingerprint density at radius 3 is 2.46 bits per heavy atom. The number of benzene rings is 2. The first-order valence-electron chi connectivity index (χ1n) is 7.62. The normalized spacial score (nSPS) is 17.2. The Balaban J connectivity index is 1.73. The molecule has 0 radical (unpaired) electrons. The van der Waals surface area contributed by atoms with Crippen molar-refractivity contribution in [3.63, 3.8) is 0 Å². The van der Waals surface area contributed by atoms with E-state index in [1.165, 1.54) is 17.0 Å². The fraction of sp³-hybridized carbons (Fsp3) is 0.105. The molecule has 1 aliphatic heterocycles. The van der Waals surface area contributed by atoms with E-state index in [1.807, 2.05) is 29.3 Å². The monoisotopic (exact) mass is 356 g/mol. The van der Waals surface area contributed by atoms with Crippen molar-refractivity contribution in [3.8, 4) is 0 Å². The van der Waals surface area contributed by atoms with Gasteiger partial charge in [-0.1, -0.05) is 29.8 Å². The number of thiophene rings is 1. The van der Waals surface area contributed by atoms with E-state index in [1.54, 1.807) is 23.5 Å². The van der Waals surface area contributed by atoms with Gasteiger partial charge >= 0.3 is 0 Å². The van der Waals surface area contributed by atoms with Crippen molar-refractivity contribution < 1.29 is 4.39 Å². The van der Waals surface area contributed by atoms with Crippen LogP contribution in [-0.2, 0) is 0 Å². The van der Waals surface area contributed by atoms with Crippen molar-refractivity contribution >= 4 is 34.3 Å². The summed E-state index contributed by atoms with van der Waals surface area (Å²) in [5.74, 6) is -0.235. The molecular formula is C19H14ClFN2S. The molecule has 0 amide bonds. The molecule has 24 heavy (non-hydrogen) atoms. The van der Waals surface area contributed by atoms with Crippen LogP contribution in [0.1, 0.15) is 22.9 Å². The maximum absolute atomic E-state index is 13.2. The van der Waals surface area contributed by atoms with Crippen LogP contribution in [0.3, 0.4) is 0 Å². The Kier molecular flexibility index (Phi) is 4.08. The fourth-order valence-electron chi connectivity index (χ4n) is 2.86. The lowest BCUT2D eigenvalue weighted by molar-refractivity contribution is 0.627. The molecule has 3 aromatic rings. The second kappa shape index (κ2) is 6.38. The average molecular weight is 357 g/mol. The van der Waals surface area contributed by atoms with Crippen LogP contribution in [0.2, 0.25) is 5.02 Å². The average Bonchev–Trinajstić information content (AvgIpc) is 3.25. The number of rotatable bonds is 3. The zero-order valence-corrected chi connectivity index (χ0v) is 14.3. The van der Waals surface area contributed by atoms with Gasteiger partial charge < -0.3 is 0 Å². The molecule has 5 heteroatoms. The van der Waals surface area contributed by atoms with Crippen LogP contribution >= 0.6 is 22.9 Å². The van der Waals surface area contributed by atoms with Crippen LogP contribution < -0.4 is 5.01 Å². The molecule has 0 saturated heterocycles. The predicted molar refractivity (Wildman–Crippen MR) is 98.5 cm³/mol. The molecule has 1 aromatic heterocycles. The third kappa shape index (κ3) is 2.95. The highest BCUT2D eigenvalue weighted by atomic mass is 35.5. The van der Waals surface area contributed by atoms with Crippen molar-refractivity contribution in [3.05, 3.63) is 87.3 Å². The lowest BCUT2D eigenvalue weighted by Gasteiger charge is -2.22. The number of hydrazone groups is 1. The molecule has 0 saturated carbocycles. The van der Waals surface area contributed by atoms with Crippen LogP contribution in [0.15, 0.2) is 71.1 Å². The van der Waals surface area contributed by atoms with Gasteiger partial charge in [0.05, 0.1) is 17.4 Å². The van der Waals surface area contributed by atoms with E-state index in [4.69, 9.17) is 16.7 Å². The van der Waals surface area contributed by atoms with Gasteiger partial charge in [0, 0.05) is 16.3 Å². The summed E-state index contributed by atoms with van der Waals surface area (Å²) in [5.41, 5.74) is 2.91. The second-order valence-corrected chi connectivity index (χ2v) is 7.03. The van der Waals surface area contributed by atoms with Crippen molar-refractivity contribution in [2.75, 3.05) is 5.01 Å². The highest BCUT2D eigenvalue weighted by Crippen LogP contribution is 2.38. The topological polar surface area (TPSA) is 15.6 Å². The molecule has 2 aromatic carbocycles. The quantitative estimate of drug-likeness (QED) is 0.570. The maximum atomic E-state index is 13.2. The lowest BCUT2D eigenvalue weighted by Crippen LogP contribution is -2.17. The smallest absolute Gasteiger partial charge is 0.123 e. The molecule has 0 aliphatic carbocycles. The van der Waals surface area contributed by atoms with Crippen LogP contribution in [-0.4, -0.2) is 5.71 Å². The van der Waals surface area contributed by atoms with E-state index < -0.39 is 0 Å². The first kappa shape index (κ1) is 15.4. The highest BCUT2D eigenvalue weighted by Gasteiger charge is 2.30. The molecule has 2 nitrogen and oxygen atoms in total. The van der Waals surface area contributed by atoms with E-state index in [9.17, 15) is 4.39 Å². The molecule has 4 rings (SSSR count). The number of nitrogens with zero attached hydrogens (tertiary/aromatic N) is 2. The largest absolute Gasteiger partial charge is 0.257 e. The first-order chi connectivity index (χ1) is 11.7. The van der Waals surface area contributed by atoms with Gasteiger partial charge in [-0.25, -0.2) is 4.39 Å². The molecule has 0 N–H and O–H groups in total. The molecule has 1 unspecified atom stereocenters. The number of hydrogen-bond acceptors (Lipinski definition) is 3. The Labute approximate surface area is 148 Å². The first-order valence-corrected chi connectivity index (χ1v) is 8.88. The zero-order chi connectivity index (χ0) is 16.5. The Morgan fingerprint density at radius 1 is 1.04 bits per heavy atom. The summed E-state index contributed by atoms with van der Waals surface area (Å²) in [6, 6.07) is 18.5. The van der Waals surface area contributed by atoms with Gasteiger partial charge in [0.2, 0.25) is 0 Å². The zero-order valence-electron chi connectivity index (χ0n) is 12.7. The third-order valence-electron chi connectivity index (χ3n) is 4.05. The van der Waals surface area contributed by atoms with Crippen molar-refractivity contribution in [1.29, 1.82) is 0 Å².